The predicted molar refractivity (Wildman–Crippen MR) is 62.7 cm³/mol. The summed E-state index contributed by atoms with van der Waals surface area (Å²) in [4.78, 5) is 12.3. The van der Waals surface area contributed by atoms with Crippen molar-refractivity contribution < 1.29 is 9.90 Å². The molecule has 0 saturated carbocycles. The maximum absolute atomic E-state index is 10.7. The maximum atomic E-state index is 10.7. The molecule has 0 aliphatic carbocycles. The first kappa shape index (κ1) is 12.4. The molecule has 6 heteroatoms. The average molecular weight is 226 g/mol. The number of aromatic nitrogens is 2. The van der Waals surface area contributed by atoms with Crippen LogP contribution in [0.3, 0.4) is 0 Å². The van der Waals surface area contributed by atoms with Gasteiger partial charge in [-0.15, -0.1) is 0 Å². The minimum absolute atomic E-state index is 0.0952. The van der Waals surface area contributed by atoms with Crippen LogP contribution < -0.4 is 10.6 Å². The van der Waals surface area contributed by atoms with Gasteiger partial charge in [-0.1, -0.05) is 0 Å². The Morgan fingerprint density at radius 3 is 2.62 bits per heavy atom. The lowest BCUT2D eigenvalue weighted by atomic mass is 10.3. The lowest BCUT2D eigenvalue weighted by Gasteiger charge is -2.20. The van der Waals surface area contributed by atoms with Crippen LogP contribution in [0.1, 0.15) is 25.6 Å². The molecule has 3 N–H and O–H groups in total. The molecule has 0 fully saturated rings. The summed E-state index contributed by atoms with van der Waals surface area (Å²) in [7, 11) is 1.69. The van der Waals surface area contributed by atoms with Crippen LogP contribution in [0.25, 0.3) is 0 Å². The molecule has 0 aromatic carbocycles. The summed E-state index contributed by atoms with van der Waals surface area (Å²) in [6.07, 6.45) is 0. The lowest BCUT2D eigenvalue weighted by molar-refractivity contribution is -0.135. The molecule has 0 amide bonds. The van der Waals surface area contributed by atoms with Crippen molar-refractivity contribution in [1.82, 2.24) is 9.78 Å². The molecule has 0 aliphatic rings. The third-order valence-electron chi connectivity index (χ3n) is 2.33. The molecule has 90 valence electrons. The Bertz CT molecular complexity index is 398. The van der Waals surface area contributed by atoms with Crippen LogP contribution in [0.15, 0.2) is 0 Å². The van der Waals surface area contributed by atoms with Gasteiger partial charge in [0.1, 0.15) is 6.54 Å². The fraction of sp³-hybridized carbons (Fsp3) is 0.600. The number of rotatable bonds is 4. The molecular weight excluding hydrogens is 208 g/mol. The summed E-state index contributed by atoms with van der Waals surface area (Å²) in [5, 5.41) is 13.1. The Balaban J connectivity index is 3.14. The van der Waals surface area contributed by atoms with Crippen LogP contribution in [0, 0.1) is 6.92 Å². The Labute approximate surface area is 94.6 Å². The van der Waals surface area contributed by atoms with Crippen LogP contribution in [-0.4, -0.2) is 34.4 Å². The van der Waals surface area contributed by atoms with E-state index in [-0.39, 0.29) is 12.6 Å². The summed E-state index contributed by atoms with van der Waals surface area (Å²) in [6, 6.07) is 0.141. The molecule has 1 aromatic heterocycles. The normalized spacial score (nSPS) is 10.8. The summed E-state index contributed by atoms with van der Waals surface area (Å²) >= 11 is 0. The van der Waals surface area contributed by atoms with Gasteiger partial charge in [0, 0.05) is 13.1 Å². The number of likely N-dealkylation sites (N-methyl/N-ethyl adjacent to an activating group) is 1. The van der Waals surface area contributed by atoms with Crippen LogP contribution >= 0.6 is 0 Å². The van der Waals surface area contributed by atoms with E-state index in [1.165, 1.54) is 0 Å². The Kier molecular flexibility index (Phi) is 3.41. The van der Waals surface area contributed by atoms with E-state index in [0.717, 1.165) is 5.69 Å². The van der Waals surface area contributed by atoms with Gasteiger partial charge in [-0.2, -0.15) is 5.10 Å². The summed E-state index contributed by atoms with van der Waals surface area (Å²) in [5.74, 6) is -0.231. The molecule has 1 heterocycles. The van der Waals surface area contributed by atoms with Gasteiger partial charge in [0.15, 0.2) is 5.82 Å². The molecule has 0 spiro atoms. The van der Waals surface area contributed by atoms with Crippen molar-refractivity contribution in [3.05, 3.63) is 5.69 Å². The first-order valence-electron chi connectivity index (χ1n) is 5.12. The molecule has 0 bridgehead atoms. The Morgan fingerprint density at radius 1 is 1.62 bits per heavy atom. The van der Waals surface area contributed by atoms with Crippen molar-refractivity contribution in [3.8, 4) is 0 Å². The van der Waals surface area contributed by atoms with Gasteiger partial charge in [0.2, 0.25) is 0 Å². The Morgan fingerprint density at radius 2 is 2.19 bits per heavy atom. The highest BCUT2D eigenvalue weighted by atomic mass is 16.4. The minimum Gasteiger partial charge on any atom is -0.480 e. The van der Waals surface area contributed by atoms with E-state index < -0.39 is 5.97 Å². The fourth-order valence-electron chi connectivity index (χ4n) is 1.57. The molecule has 0 aliphatic heterocycles. The third kappa shape index (κ3) is 2.26. The number of anilines is 2. The number of aryl methyl sites for hydroxylation is 1. The van der Waals surface area contributed by atoms with Crippen molar-refractivity contribution in [2.75, 3.05) is 24.2 Å². The molecule has 6 nitrogen and oxygen atoms in total. The topological polar surface area (TPSA) is 84.4 Å². The van der Waals surface area contributed by atoms with E-state index in [2.05, 4.69) is 5.10 Å². The van der Waals surface area contributed by atoms with Crippen molar-refractivity contribution in [1.29, 1.82) is 0 Å². The minimum atomic E-state index is -0.893. The van der Waals surface area contributed by atoms with Crippen molar-refractivity contribution in [2.24, 2.45) is 0 Å². The van der Waals surface area contributed by atoms with E-state index in [9.17, 15) is 4.79 Å². The quantitative estimate of drug-likeness (QED) is 0.796. The first-order chi connectivity index (χ1) is 7.34. The summed E-state index contributed by atoms with van der Waals surface area (Å²) < 4.78 is 1.74. The lowest BCUT2D eigenvalue weighted by Crippen LogP contribution is -2.28. The van der Waals surface area contributed by atoms with E-state index in [4.69, 9.17) is 10.8 Å². The van der Waals surface area contributed by atoms with Crippen molar-refractivity contribution in [2.45, 2.75) is 26.8 Å². The fourth-order valence-corrected chi connectivity index (χ4v) is 1.57. The number of carboxylic acids is 1. The van der Waals surface area contributed by atoms with Crippen LogP contribution in [0.4, 0.5) is 11.5 Å². The summed E-state index contributed by atoms with van der Waals surface area (Å²) in [5.41, 5.74) is 7.16. The highest BCUT2D eigenvalue weighted by molar-refractivity contribution is 5.76. The number of nitrogens with two attached hydrogens (primary N) is 1. The molecule has 1 aromatic rings. The van der Waals surface area contributed by atoms with Gasteiger partial charge in [-0.3, -0.25) is 4.79 Å². The highest BCUT2D eigenvalue weighted by Gasteiger charge is 2.19. The average Bonchev–Trinajstić information content (AvgIpc) is 2.42. The van der Waals surface area contributed by atoms with Crippen molar-refractivity contribution in [3.63, 3.8) is 0 Å². The third-order valence-corrected chi connectivity index (χ3v) is 2.33. The van der Waals surface area contributed by atoms with Gasteiger partial charge in [-0.05, 0) is 20.8 Å². The predicted octanol–water partition coefficient (Wildman–Crippen LogP) is 0.875. The van der Waals surface area contributed by atoms with E-state index in [0.29, 0.717) is 11.5 Å². The zero-order valence-corrected chi connectivity index (χ0v) is 10.1. The van der Waals surface area contributed by atoms with Gasteiger partial charge >= 0.3 is 5.97 Å². The van der Waals surface area contributed by atoms with E-state index in [1.807, 2.05) is 20.8 Å². The SMILES string of the molecule is Cc1nn(C(C)C)c(N(C)CC(=O)O)c1N. The number of hydrogen-bond acceptors (Lipinski definition) is 4. The first-order valence-corrected chi connectivity index (χ1v) is 5.12. The maximum Gasteiger partial charge on any atom is 0.323 e. The van der Waals surface area contributed by atoms with Crippen LogP contribution in [0.2, 0.25) is 0 Å². The van der Waals surface area contributed by atoms with Crippen LogP contribution in [0.5, 0.6) is 0 Å². The van der Waals surface area contributed by atoms with E-state index in [1.54, 1.807) is 16.6 Å². The molecular formula is C10H18N4O2. The zero-order valence-electron chi connectivity index (χ0n) is 10.1. The number of carboxylic acid groups (broad SMARTS) is 1. The number of carbonyl (C=O) groups is 1. The van der Waals surface area contributed by atoms with Gasteiger partial charge in [0.25, 0.3) is 0 Å². The smallest absolute Gasteiger partial charge is 0.323 e. The number of nitrogen functional groups attached to an aromatic ring is 1. The van der Waals surface area contributed by atoms with Gasteiger partial charge < -0.3 is 15.7 Å². The van der Waals surface area contributed by atoms with Crippen LogP contribution in [-0.2, 0) is 4.79 Å². The molecule has 16 heavy (non-hydrogen) atoms. The van der Waals surface area contributed by atoms with E-state index >= 15 is 0 Å². The zero-order chi connectivity index (χ0) is 12.5. The second-order valence-corrected chi connectivity index (χ2v) is 4.11. The summed E-state index contributed by atoms with van der Waals surface area (Å²) in [6.45, 7) is 5.67. The van der Waals surface area contributed by atoms with Crippen molar-refractivity contribution >= 4 is 17.5 Å². The number of hydrogen-bond donors (Lipinski definition) is 2. The molecule has 1 rings (SSSR count). The second kappa shape index (κ2) is 4.42. The number of aliphatic carboxylic acids is 1. The second-order valence-electron chi connectivity index (χ2n) is 4.11. The molecule has 0 unspecified atom stereocenters. The molecule has 0 saturated heterocycles. The standard InChI is InChI=1S/C10H18N4O2/c1-6(2)14-10(9(11)7(3)12-14)13(4)5-8(15)16/h6H,5,11H2,1-4H3,(H,15,16). The van der Waals surface area contributed by atoms with Gasteiger partial charge in [0.05, 0.1) is 11.4 Å². The highest BCUT2D eigenvalue weighted by Crippen LogP contribution is 2.28. The molecule has 0 radical (unpaired) electrons. The largest absolute Gasteiger partial charge is 0.480 e. The number of nitrogens with zero attached hydrogens (tertiary/aromatic N) is 3. The molecule has 0 atom stereocenters. The monoisotopic (exact) mass is 226 g/mol. The Hall–Kier alpha value is -1.72. The van der Waals surface area contributed by atoms with Gasteiger partial charge in [-0.25, -0.2) is 4.68 Å².